The van der Waals surface area contributed by atoms with Crippen LogP contribution in [-0.2, 0) is 0 Å². The lowest BCUT2D eigenvalue weighted by Gasteiger charge is -2.04. The van der Waals surface area contributed by atoms with Gasteiger partial charge in [0.2, 0.25) is 0 Å². The Morgan fingerprint density at radius 1 is 1.57 bits per heavy atom. The van der Waals surface area contributed by atoms with Crippen molar-refractivity contribution in [2.45, 2.75) is 13.3 Å². The summed E-state index contributed by atoms with van der Waals surface area (Å²) < 4.78 is 24.6. The first-order valence-corrected chi connectivity index (χ1v) is 4.03. The van der Waals surface area contributed by atoms with Crippen molar-refractivity contribution in [3.05, 3.63) is 33.2 Å². The molecule has 0 aliphatic heterocycles. The van der Waals surface area contributed by atoms with Crippen molar-refractivity contribution < 1.29 is 13.6 Å². The van der Waals surface area contributed by atoms with Gasteiger partial charge in [-0.15, -0.1) is 0 Å². The molecule has 0 fully saturated rings. The molecule has 0 bridgehead atoms. The van der Waals surface area contributed by atoms with Crippen molar-refractivity contribution in [3.63, 3.8) is 0 Å². The number of pyridine rings is 1. The van der Waals surface area contributed by atoms with Gasteiger partial charge in [0, 0.05) is 11.8 Å². The number of rotatable bonds is 2. The van der Waals surface area contributed by atoms with Crippen LogP contribution in [0.4, 0.5) is 8.78 Å². The first-order chi connectivity index (χ1) is 6.43. The molecule has 3 nitrogen and oxygen atoms in total. The molecule has 0 spiro atoms. The highest BCUT2D eigenvalue weighted by molar-refractivity contribution is 6.67. The van der Waals surface area contributed by atoms with Crippen LogP contribution in [0.5, 0.6) is 0 Å². The number of nitrogens with one attached hydrogen (secondary N) is 1. The largest absolute Gasteiger partial charge is 0.355 e. The third-order valence-corrected chi connectivity index (χ3v) is 1.90. The van der Waals surface area contributed by atoms with Gasteiger partial charge < -0.3 is 4.98 Å². The molecule has 14 heavy (non-hydrogen) atoms. The lowest BCUT2D eigenvalue weighted by molar-refractivity contribution is 0.107. The van der Waals surface area contributed by atoms with Crippen LogP contribution < -0.4 is 5.43 Å². The fourth-order valence-corrected chi connectivity index (χ4v) is 1.18. The van der Waals surface area contributed by atoms with Gasteiger partial charge in [-0.1, -0.05) is 0 Å². The van der Waals surface area contributed by atoms with E-state index in [2.05, 4.69) is 4.98 Å². The Bertz CT molecular complexity index is 428. The summed E-state index contributed by atoms with van der Waals surface area (Å²) in [7, 11) is 0. The van der Waals surface area contributed by atoms with E-state index >= 15 is 0 Å². The fraction of sp³-hybridized carbons (Fsp3) is 0.250. The minimum atomic E-state index is -2.86. The zero-order chi connectivity index (χ0) is 10.9. The van der Waals surface area contributed by atoms with Crippen molar-refractivity contribution in [3.8, 4) is 0 Å². The lowest BCUT2D eigenvalue weighted by atomic mass is 10.2. The first-order valence-electron chi connectivity index (χ1n) is 3.65. The molecule has 1 aromatic rings. The Hall–Kier alpha value is -1.23. The van der Waals surface area contributed by atoms with Gasteiger partial charge >= 0.3 is 0 Å². The van der Waals surface area contributed by atoms with E-state index in [9.17, 15) is 18.4 Å². The average molecular weight is 222 g/mol. The van der Waals surface area contributed by atoms with Crippen molar-refractivity contribution in [2.24, 2.45) is 0 Å². The second-order valence-corrected chi connectivity index (χ2v) is 3.00. The number of halogens is 3. The number of aromatic nitrogens is 1. The Balaban J connectivity index is 3.40. The van der Waals surface area contributed by atoms with Crippen molar-refractivity contribution in [1.82, 2.24) is 4.98 Å². The molecular weight excluding hydrogens is 216 g/mol. The number of alkyl halides is 2. The number of hydrogen-bond acceptors (Lipinski definition) is 2. The van der Waals surface area contributed by atoms with Crippen LogP contribution in [0.15, 0.2) is 10.9 Å². The topological polar surface area (TPSA) is 49.9 Å². The third-order valence-electron chi connectivity index (χ3n) is 1.70. The predicted molar refractivity (Wildman–Crippen MR) is 46.9 cm³/mol. The SMILES string of the molecule is Cc1[nH]c(C(=O)Cl)cc(=O)c1C(F)F. The van der Waals surface area contributed by atoms with Crippen LogP contribution >= 0.6 is 11.6 Å². The van der Waals surface area contributed by atoms with Gasteiger partial charge in [-0.05, 0) is 18.5 Å². The molecule has 0 unspecified atom stereocenters. The molecule has 0 saturated carbocycles. The Morgan fingerprint density at radius 2 is 2.14 bits per heavy atom. The molecule has 0 amide bonds. The van der Waals surface area contributed by atoms with E-state index in [1.807, 2.05) is 0 Å². The van der Waals surface area contributed by atoms with E-state index in [0.717, 1.165) is 6.07 Å². The van der Waals surface area contributed by atoms with Gasteiger partial charge in [0.1, 0.15) is 5.69 Å². The number of carbonyl (C=O) groups excluding carboxylic acids is 1. The molecule has 1 N–H and O–H groups in total. The highest BCUT2D eigenvalue weighted by Crippen LogP contribution is 2.17. The van der Waals surface area contributed by atoms with Crippen LogP contribution in [0.3, 0.4) is 0 Å². The maximum atomic E-state index is 12.3. The number of aryl methyl sites for hydroxylation is 1. The number of H-pyrrole nitrogens is 1. The Morgan fingerprint density at radius 3 is 2.50 bits per heavy atom. The fourth-order valence-electron chi connectivity index (χ4n) is 1.08. The van der Waals surface area contributed by atoms with Gasteiger partial charge in [0.15, 0.2) is 5.43 Å². The molecule has 0 aliphatic carbocycles. The zero-order valence-electron chi connectivity index (χ0n) is 7.11. The Labute approximate surface area is 82.7 Å². The maximum Gasteiger partial charge on any atom is 0.269 e. The van der Waals surface area contributed by atoms with E-state index in [4.69, 9.17) is 11.6 Å². The number of hydrogen-bond donors (Lipinski definition) is 1. The standard InChI is InChI=1S/C8H6ClF2NO2/c1-3-6(8(10)11)5(13)2-4(12-3)7(9)14/h2,8H,1H3,(H,12,13). The highest BCUT2D eigenvalue weighted by Gasteiger charge is 2.17. The third kappa shape index (κ3) is 1.98. The molecule has 6 heteroatoms. The Kier molecular flexibility index (Phi) is 3.00. The normalized spacial score (nSPS) is 10.6. The zero-order valence-corrected chi connectivity index (χ0v) is 7.86. The van der Waals surface area contributed by atoms with E-state index < -0.39 is 22.7 Å². The predicted octanol–water partition coefficient (Wildman–Crippen LogP) is 2.00. The van der Waals surface area contributed by atoms with Crippen LogP contribution in [0.25, 0.3) is 0 Å². The summed E-state index contributed by atoms with van der Waals surface area (Å²) in [6.45, 7) is 1.28. The monoisotopic (exact) mass is 221 g/mol. The van der Waals surface area contributed by atoms with E-state index in [-0.39, 0.29) is 11.4 Å². The summed E-state index contributed by atoms with van der Waals surface area (Å²) in [6.07, 6.45) is -2.86. The van der Waals surface area contributed by atoms with Crippen LogP contribution in [-0.4, -0.2) is 10.2 Å². The molecule has 76 valence electrons. The summed E-state index contributed by atoms with van der Waals surface area (Å²) in [5.41, 5.74) is -1.75. The number of carbonyl (C=O) groups is 1. The molecule has 0 radical (unpaired) electrons. The van der Waals surface area contributed by atoms with E-state index in [0.29, 0.717) is 0 Å². The summed E-state index contributed by atoms with van der Waals surface area (Å²) in [5, 5.41) is -0.883. The average Bonchev–Trinajstić information content (AvgIpc) is 2.01. The quantitative estimate of drug-likeness (QED) is 0.777. The minimum Gasteiger partial charge on any atom is -0.355 e. The second-order valence-electron chi connectivity index (χ2n) is 2.66. The number of aromatic amines is 1. The van der Waals surface area contributed by atoms with Crippen LogP contribution in [0.2, 0.25) is 0 Å². The van der Waals surface area contributed by atoms with Crippen molar-refractivity contribution >= 4 is 16.8 Å². The van der Waals surface area contributed by atoms with Crippen LogP contribution in [0, 0.1) is 6.92 Å². The molecule has 0 aromatic carbocycles. The summed E-state index contributed by atoms with van der Waals surface area (Å²) >= 11 is 5.08. The van der Waals surface area contributed by atoms with Gasteiger partial charge in [0.05, 0.1) is 5.56 Å². The summed E-state index contributed by atoms with van der Waals surface area (Å²) in [6, 6.07) is 0.768. The maximum absolute atomic E-state index is 12.3. The van der Waals surface area contributed by atoms with Crippen molar-refractivity contribution in [2.75, 3.05) is 0 Å². The van der Waals surface area contributed by atoms with Gasteiger partial charge in [-0.2, -0.15) is 0 Å². The molecule has 0 saturated heterocycles. The van der Waals surface area contributed by atoms with Crippen LogP contribution in [0.1, 0.15) is 28.2 Å². The summed E-state index contributed by atoms with van der Waals surface area (Å²) in [5.74, 6) is 0. The van der Waals surface area contributed by atoms with Crippen molar-refractivity contribution in [1.29, 1.82) is 0 Å². The smallest absolute Gasteiger partial charge is 0.269 e. The second kappa shape index (κ2) is 3.88. The molecule has 0 aliphatic rings. The van der Waals surface area contributed by atoms with E-state index in [1.54, 1.807) is 0 Å². The van der Waals surface area contributed by atoms with Gasteiger partial charge in [0.25, 0.3) is 11.7 Å². The highest BCUT2D eigenvalue weighted by atomic mass is 35.5. The molecule has 1 rings (SSSR count). The molecule has 1 aromatic heterocycles. The van der Waals surface area contributed by atoms with E-state index in [1.165, 1.54) is 6.92 Å². The molecule has 0 atom stereocenters. The first kappa shape index (κ1) is 10.8. The van der Waals surface area contributed by atoms with Gasteiger partial charge in [-0.3, -0.25) is 9.59 Å². The van der Waals surface area contributed by atoms with Gasteiger partial charge in [-0.25, -0.2) is 8.78 Å². The molecular formula is C8H6ClF2NO2. The molecule has 1 heterocycles. The minimum absolute atomic E-state index is 0.0449. The summed E-state index contributed by atoms with van der Waals surface area (Å²) in [4.78, 5) is 24.1. The lowest BCUT2D eigenvalue weighted by Crippen LogP contribution is -2.15.